The Morgan fingerprint density at radius 1 is 1.09 bits per heavy atom. The van der Waals surface area contributed by atoms with Gasteiger partial charge >= 0.3 is 5.97 Å². The predicted molar refractivity (Wildman–Crippen MR) is 127 cm³/mol. The first kappa shape index (κ1) is 22.4. The smallest absolute Gasteiger partial charge is 0.338 e. The van der Waals surface area contributed by atoms with Crippen LogP contribution in [0.3, 0.4) is 0 Å². The number of nitrogens with zero attached hydrogens (tertiary/aromatic N) is 3. The molecule has 0 spiro atoms. The van der Waals surface area contributed by atoms with E-state index in [2.05, 4.69) is 9.97 Å². The molecule has 168 valence electrons. The molecule has 0 aliphatic rings. The minimum Gasteiger partial charge on any atom is -0.456 e. The first-order valence-electron chi connectivity index (χ1n) is 10.3. The number of thiazole rings is 1. The quantitative estimate of drug-likeness (QED) is 0.339. The molecule has 0 atom stereocenters. The monoisotopic (exact) mass is 461 g/mol. The van der Waals surface area contributed by atoms with E-state index in [0.29, 0.717) is 22.1 Å². The Labute approximate surface area is 195 Å². The molecule has 0 aliphatic heterocycles. The standard InChI is InChI=1S/C25H23N3O4S/c1-15-9-16(2)23(17(3)10-15)28(18(4)29)25-27-21(13-33-25)12-31-24(30)20-7-5-19(6-8-20)22-11-26-14-32-22/h5-11,13-14H,12H2,1-4H3. The number of esters is 1. The lowest BCUT2D eigenvalue weighted by Crippen LogP contribution is -2.24. The molecule has 0 radical (unpaired) electrons. The van der Waals surface area contributed by atoms with Gasteiger partial charge in [-0.05, 0) is 44.0 Å². The van der Waals surface area contributed by atoms with Crippen LogP contribution >= 0.6 is 11.3 Å². The average Bonchev–Trinajstić information content (AvgIpc) is 3.46. The van der Waals surface area contributed by atoms with Crippen molar-refractivity contribution in [1.82, 2.24) is 9.97 Å². The van der Waals surface area contributed by atoms with Crippen molar-refractivity contribution in [2.45, 2.75) is 34.3 Å². The second-order valence-corrected chi connectivity index (χ2v) is 8.58. The van der Waals surface area contributed by atoms with Gasteiger partial charge in [0.2, 0.25) is 5.91 Å². The molecule has 4 rings (SSSR count). The molecule has 0 unspecified atom stereocenters. The van der Waals surface area contributed by atoms with Gasteiger partial charge in [-0.15, -0.1) is 11.3 Å². The summed E-state index contributed by atoms with van der Waals surface area (Å²) in [6, 6.07) is 11.0. The molecule has 0 saturated heterocycles. The van der Waals surface area contributed by atoms with Crippen LogP contribution in [0.5, 0.6) is 0 Å². The number of aryl methyl sites for hydroxylation is 3. The summed E-state index contributed by atoms with van der Waals surface area (Å²) in [6.07, 6.45) is 2.96. The molecule has 33 heavy (non-hydrogen) atoms. The van der Waals surface area contributed by atoms with E-state index in [1.54, 1.807) is 40.7 Å². The molecule has 4 aromatic rings. The molecule has 0 saturated carbocycles. The molecule has 0 aliphatic carbocycles. The van der Waals surface area contributed by atoms with Gasteiger partial charge < -0.3 is 9.15 Å². The second-order valence-electron chi connectivity index (χ2n) is 7.74. The molecule has 8 heteroatoms. The van der Waals surface area contributed by atoms with E-state index in [4.69, 9.17) is 9.15 Å². The molecule has 7 nitrogen and oxygen atoms in total. The Hall–Kier alpha value is -3.78. The van der Waals surface area contributed by atoms with Crippen LogP contribution in [-0.4, -0.2) is 21.8 Å². The van der Waals surface area contributed by atoms with Crippen molar-refractivity contribution in [3.05, 3.63) is 82.3 Å². The number of oxazole rings is 1. The Balaban J connectivity index is 1.47. The molecule has 0 N–H and O–H groups in total. The lowest BCUT2D eigenvalue weighted by molar-refractivity contribution is -0.115. The van der Waals surface area contributed by atoms with Gasteiger partial charge in [0.05, 0.1) is 23.1 Å². The SMILES string of the molecule is CC(=O)N(c1nc(COC(=O)c2ccc(-c3cnco3)cc2)cs1)c1c(C)cc(C)cc1C. The van der Waals surface area contributed by atoms with E-state index in [9.17, 15) is 9.59 Å². The zero-order valence-corrected chi connectivity index (χ0v) is 19.6. The third-order valence-electron chi connectivity index (χ3n) is 5.09. The third kappa shape index (κ3) is 4.85. The lowest BCUT2D eigenvalue weighted by atomic mass is 10.0. The molecular formula is C25H23N3O4S. The molecule has 0 fully saturated rings. The van der Waals surface area contributed by atoms with Crippen LogP contribution in [0, 0.1) is 20.8 Å². The van der Waals surface area contributed by atoms with Crippen LogP contribution in [0.4, 0.5) is 10.8 Å². The highest BCUT2D eigenvalue weighted by molar-refractivity contribution is 7.14. The van der Waals surface area contributed by atoms with Crippen molar-refractivity contribution in [2.24, 2.45) is 0 Å². The maximum absolute atomic E-state index is 12.5. The largest absolute Gasteiger partial charge is 0.456 e. The van der Waals surface area contributed by atoms with Gasteiger partial charge in [-0.3, -0.25) is 9.69 Å². The van der Waals surface area contributed by atoms with Crippen molar-refractivity contribution < 1.29 is 18.7 Å². The third-order valence-corrected chi connectivity index (χ3v) is 5.97. The summed E-state index contributed by atoms with van der Waals surface area (Å²) in [5.74, 6) is 0.0381. The molecule has 1 amide bonds. The summed E-state index contributed by atoms with van der Waals surface area (Å²) in [5, 5.41) is 2.34. The number of aromatic nitrogens is 2. The van der Waals surface area contributed by atoms with E-state index in [1.165, 1.54) is 24.7 Å². The van der Waals surface area contributed by atoms with Crippen molar-refractivity contribution in [3.63, 3.8) is 0 Å². The number of rotatable bonds is 6. The second kappa shape index (κ2) is 9.38. The summed E-state index contributed by atoms with van der Waals surface area (Å²) < 4.78 is 10.7. The summed E-state index contributed by atoms with van der Waals surface area (Å²) in [7, 11) is 0. The average molecular weight is 462 g/mol. The zero-order chi connectivity index (χ0) is 23.5. The number of carbonyl (C=O) groups is 2. The van der Waals surface area contributed by atoms with Gasteiger partial charge in [-0.2, -0.15) is 0 Å². The molecule has 2 aromatic heterocycles. The molecule has 0 bridgehead atoms. The minimum absolute atomic E-state index is 0.0107. The molecule has 2 heterocycles. The van der Waals surface area contributed by atoms with Crippen molar-refractivity contribution in [3.8, 4) is 11.3 Å². The van der Waals surface area contributed by atoms with Crippen molar-refractivity contribution >= 4 is 34.0 Å². The minimum atomic E-state index is -0.456. The number of anilines is 2. The highest BCUT2D eigenvalue weighted by Crippen LogP contribution is 2.34. The Bertz CT molecular complexity index is 1270. The maximum Gasteiger partial charge on any atom is 0.338 e. The van der Waals surface area contributed by atoms with E-state index in [1.807, 2.05) is 32.9 Å². The number of hydrogen-bond acceptors (Lipinski definition) is 7. The van der Waals surface area contributed by atoms with Crippen LogP contribution in [0.25, 0.3) is 11.3 Å². The number of benzene rings is 2. The molecule has 2 aromatic carbocycles. The summed E-state index contributed by atoms with van der Waals surface area (Å²) in [6.45, 7) is 7.52. The van der Waals surface area contributed by atoms with Crippen LogP contribution in [0.15, 0.2) is 58.8 Å². The highest BCUT2D eigenvalue weighted by atomic mass is 32.1. The van der Waals surface area contributed by atoms with Crippen LogP contribution < -0.4 is 4.90 Å². The van der Waals surface area contributed by atoms with E-state index in [0.717, 1.165) is 27.9 Å². The fourth-order valence-corrected chi connectivity index (χ4v) is 4.59. The summed E-state index contributed by atoms with van der Waals surface area (Å²) in [4.78, 5) is 35.0. The predicted octanol–water partition coefficient (Wildman–Crippen LogP) is 5.76. The van der Waals surface area contributed by atoms with Gasteiger partial charge in [0.15, 0.2) is 17.3 Å². The number of hydrogen-bond donors (Lipinski definition) is 0. The van der Waals surface area contributed by atoms with E-state index >= 15 is 0 Å². The van der Waals surface area contributed by atoms with Gasteiger partial charge in [-0.1, -0.05) is 29.8 Å². The van der Waals surface area contributed by atoms with Gasteiger partial charge in [0.1, 0.15) is 6.61 Å². The van der Waals surface area contributed by atoms with Gasteiger partial charge in [0.25, 0.3) is 0 Å². The zero-order valence-electron chi connectivity index (χ0n) is 18.8. The summed E-state index contributed by atoms with van der Waals surface area (Å²) >= 11 is 1.34. The fourth-order valence-electron chi connectivity index (χ4n) is 3.73. The Morgan fingerprint density at radius 2 is 1.79 bits per heavy atom. The van der Waals surface area contributed by atoms with Crippen molar-refractivity contribution in [2.75, 3.05) is 4.90 Å². The maximum atomic E-state index is 12.5. The van der Waals surface area contributed by atoms with Gasteiger partial charge in [0, 0.05) is 17.9 Å². The van der Waals surface area contributed by atoms with Crippen molar-refractivity contribution in [1.29, 1.82) is 0 Å². The van der Waals surface area contributed by atoms with E-state index < -0.39 is 5.97 Å². The number of carbonyl (C=O) groups excluding carboxylic acids is 2. The topological polar surface area (TPSA) is 85.5 Å². The highest BCUT2D eigenvalue weighted by Gasteiger charge is 2.22. The van der Waals surface area contributed by atoms with E-state index in [-0.39, 0.29) is 12.5 Å². The van der Waals surface area contributed by atoms with Crippen LogP contribution in [-0.2, 0) is 16.1 Å². The van der Waals surface area contributed by atoms with Gasteiger partial charge in [-0.25, -0.2) is 14.8 Å². The number of amides is 1. The molecular weight excluding hydrogens is 438 g/mol. The van der Waals surface area contributed by atoms with Crippen LogP contribution in [0.1, 0.15) is 39.7 Å². The lowest BCUT2D eigenvalue weighted by Gasteiger charge is -2.23. The Kier molecular flexibility index (Phi) is 6.37. The number of ether oxygens (including phenoxy) is 1. The first-order chi connectivity index (χ1) is 15.8. The summed E-state index contributed by atoms with van der Waals surface area (Å²) in [5.41, 5.74) is 5.79. The Morgan fingerprint density at radius 3 is 2.39 bits per heavy atom. The normalized spacial score (nSPS) is 10.8. The first-order valence-corrected chi connectivity index (χ1v) is 11.2. The fraction of sp³-hybridized carbons (Fsp3) is 0.200. The van der Waals surface area contributed by atoms with Crippen LogP contribution in [0.2, 0.25) is 0 Å².